The lowest BCUT2D eigenvalue weighted by Gasteiger charge is -2.18. The summed E-state index contributed by atoms with van der Waals surface area (Å²) < 4.78 is 7.27. The van der Waals surface area contributed by atoms with Gasteiger partial charge in [0.2, 0.25) is 0 Å². The maximum absolute atomic E-state index is 12.8. The van der Waals surface area contributed by atoms with Crippen molar-refractivity contribution in [1.82, 2.24) is 4.57 Å². The van der Waals surface area contributed by atoms with Gasteiger partial charge in [0, 0.05) is 17.5 Å². The third kappa shape index (κ3) is 2.23. The number of benzene rings is 1. The highest BCUT2D eigenvalue weighted by atomic mass is 16.6. The van der Waals surface area contributed by atoms with Gasteiger partial charge in [-0.25, -0.2) is 0 Å². The molecule has 0 spiro atoms. The van der Waals surface area contributed by atoms with Crippen LogP contribution in [0.1, 0.15) is 18.0 Å². The van der Waals surface area contributed by atoms with Crippen molar-refractivity contribution < 1.29 is 9.34 Å². The summed E-state index contributed by atoms with van der Waals surface area (Å²) in [4.78, 5) is 23.2. The maximum Gasteiger partial charge on any atom is 0.269 e. The second-order valence-corrected chi connectivity index (χ2v) is 5.70. The minimum absolute atomic E-state index is 0.00553. The van der Waals surface area contributed by atoms with Gasteiger partial charge in [0.1, 0.15) is 17.2 Å². The highest BCUT2D eigenvalue weighted by Crippen LogP contribution is 2.32. The average Bonchev–Trinajstić information content (AvgIpc) is 2.99. The number of aromatic nitrogens is 1. The minimum Gasteiger partial charge on any atom is -0.454 e. The topological polar surface area (TPSA) is 102 Å². The lowest BCUT2D eigenvalue weighted by Crippen LogP contribution is -2.26. The number of pyridine rings is 1. The number of hydrogen-bond acceptors (Lipinski definition) is 5. The number of nitriles is 1. The van der Waals surface area contributed by atoms with Gasteiger partial charge in [-0.1, -0.05) is 18.2 Å². The number of para-hydroxylation sites is 1. The second-order valence-electron chi connectivity index (χ2n) is 5.70. The Labute approximate surface area is 140 Å². The molecule has 0 N–H and O–H groups in total. The molecule has 2 heterocycles. The molecule has 1 aromatic carbocycles. The Morgan fingerprint density at radius 3 is 2.80 bits per heavy atom. The van der Waals surface area contributed by atoms with Crippen molar-refractivity contribution in [1.29, 1.82) is 5.26 Å². The second kappa shape index (κ2) is 5.46. The molecule has 25 heavy (non-hydrogen) atoms. The molecule has 4 rings (SSSR count). The number of rotatable bonds is 2. The van der Waals surface area contributed by atoms with Crippen LogP contribution in [0, 0.1) is 21.4 Å². The molecular weight excluding hydrogens is 322 g/mol. The first kappa shape index (κ1) is 14.9. The summed E-state index contributed by atoms with van der Waals surface area (Å²) in [7, 11) is 0. The van der Waals surface area contributed by atoms with Gasteiger partial charge in [-0.2, -0.15) is 5.26 Å². The van der Waals surface area contributed by atoms with Crippen LogP contribution in [0.4, 0.5) is 0 Å². The number of hydrogen-bond donors (Lipinski definition) is 0. The maximum atomic E-state index is 12.8. The van der Waals surface area contributed by atoms with Crippen LogP contribution in [0.5, 0.6) is 0 Å². The number of furan rings is 1. The standard InChI is InChI=1S/C18H11N3O4/c19-10-11-9-16-17(14-3-1-2-4-15(14)25-16)20(18(11)22)12-5-7-13(8-6-12)21(23)24/h1-5,7-9,12H,6H2. The summed E-state index contributed by atoms with van der Waals surface area (Å²) in [6, 6.07) is 10.2. The normalized spacial score (nSPS) is 16.8. The van der Waals surface area contributed by atoms with Gasteiger partial charge in [-0.15, -0.1) is 0 Å². The Hall–Kier alpha value is -3.66. The number of nitro groups is 1. The molecule has 1 aliphatic carbocycles. The Kier molecular flexibility index (Phi) is 3.25. The van der Waals surface area contributed by atoms with Gasteiger partial charge in [-0.05, 0) is 24.6 Å². The molecule has 1 atom stereocenters. The van der Waals surface area contributed by atoms with Crippen LogP contribution in [0.3, 0.4) is 0 Å². The third-order valence-corrected chi connectivity index (χ3v) is 4.28. The van der Waals surface area contributed by atoms with E-state index >= 15 is 0 Å². The Balaban J connectivity index is 2.01. The van der Waals surface area contributed by atoms with Crippen LogP contribution in [-0.2, 0) is 0 Å². The van der Waals surface area contributed by atoms with Crippen LogP contribution in [-0.4, -0.2) is 9.49 Å². The average molecular weight is 333 g/mol. The summed E-state index contributed by atoms with van der Waals surface area (Å²) in [6.07, 6.45) is 4.76. The SMILES string of the molecule is N#Cc1cc2oc3ccccc3c2n(C2C=CC([N+](=O)[O-])=CC2)c1=O. The van der Waals surface area contributed by atoms with E-state index in [0.29, 0.717) is 16.7 Å². The number of fused-ring (bicyclic) bond motifs is 3. The lowest BCUT2D eigenvalue weighted by atomic mass is 10.1. The van der Waals surface area contributed by atoms with E-state index in [1.807, 2.05) is 24.3 Å². The summed E-state index contributed by atoms with van der Waals surface area (Å²) in [5.74, 6) is 0. The van der Waals surface area contributed by atoms with E-state index < -0.39 is 16.5 Å². The van der Waals surface area contributed by atoms with Crippen LogP contribution >= 0.6 is 0 Å². The predicted octanol–water partition coefficient (Wildman–Crippen LogP) is 3.28. The van der Waals surface area contributed by atoms with E-state index in [1.54, 1.807) is 12.1 Å². The van der Waals surface area contributed by atoms with Gasteiger partial charge in [0.25, 0.3) is 11.3 Å². The van der Waals surface area contributed by atoms with Crippen LogP contribution < -0.4 is 5.56 Å². The van der Waals surface area contributed by atoms with Crippen molar-refractivity contribution in [3.8, 4) is 6.07 Å². The van der Waals surface area contributed by atoms with Crippen molar-refractivity contribution in [2.24, 2.45) is 0 Å². The van der Waals surface area contributed by atoms with Crippen molar-refractivity contribution >= 4 is 22.1 Å². The molecule has 1 aliphatic rings. The molecular formula is C18H11N3O4. The lowest BCUT2D eigenvalue weighted by molar-refractivity contribution is -0.419. The van der Waals surface area contributed by atoms with Crippen LogP contribution in [0.2, 0.25) is 0 Å². The first-order valence-corrected chi connectivity index (χ1v) is 7.60. The zero-order valence-electron chi connectivity index (χ0n) is 12.9. The quantitative estimate of drug-likeness (QED) is 0.529. The smallest absolute Gasteiger partial charge is 0.269 e. The van der Waals surface area contributed by atoms with Crippen LogP contribution in [0.15, 0.2) is 63.5 Å². The summed E-state index contributed by atoms with van der Waals surface area (Å²) in [5.41, 5.74) is 1.18. The fourth-order valence-corrected chi connectivity index (χ4v) is 3.14. The van der Waals surface area contributed by atoms with Crippen LogP contribution in [0.25, 0.3) is 22.1 Å². The molecule has 2 aromatic heterocycles. The van der Waals surface area contributed by atoms with E-state index in [0.717, 1.165) is 5.39 Å². The zero-order valence-corrected chi connectivity index (χ0v) is 12.9. The molecule has 3 aromatic rings. The molecule has 0 amide bonds. The Morgan fingerprint density at radius 1 is 1.32 bits per heavy atom. The fourth-order valence-electron chi connectivity index (χ4n) is 3.14. The van der Waals surface area contributed by atoms with E-state index in [-0.39, 0.29) is 17.7 Å². The fraction of sp³-hybridized carbons (Fsp3) is 0.111. The summed E-state index contributed by atoms with van der Waals surface area (Å²) in [6.45, 7) is 0. The molecule has 0 radical (unpaired) electrons. The molecule has 1 unspecified atom stereocenters. The van der Waals surface area contributed by atoms with Crippen molar-refractivity contribution in [2.45, 2.75) is 12.5 Å². The summed E-state index contributed by atoms with van der Waals surface area (Å²) >= 11 is 0. The highest BCUT2D eigenvalue weighted by molar-refractivity contribution is 6.03. The van der Waals surface area contributed by atoms with Gasteiger partial charge in [0.05, 0.1) is 16.5 Å². The predicted molar refractivity (Wildman–Crippen MR) is 90.6 cm³/mol. The van der Waals surface area contributed by atoms with Crippen molar-refractivity contribution in [2.75, 3.05) is 0 Å². The number of allylic oxidation sites excluding steroid dienone is 3. The Bertz CT molecular complexity index is 1190. The third-order valence-electron chi connectivity index (χ3n) is 4.28. The highest BCUT2D eigenvalue weighted by Gasteiger charge is 2.23. The molecule has 0 saturated heterocycles. The largest absolute Gasteiger partial charge is 0.454 e. The Morgan fingerprint density at radius 2 is 2.12 bits per heavy atom. The van der Waals surface area contributed by atoms with E-state index in [2.05, 4.69) is 0 Å². The monoisotopic (exact) mass is 333 g/mol. The van der Waals surface area contributed by atoms with Gasteiger partial charge in [0.15, 0.2) is 5.58 Å². The molecule has 0 fully saturated rings. The zero-order chi connectivity index (χ0) is 17.6. The summed E-state index contributed by atoms with van der Waals surface area (Å²) in [5, 5.41) is 20.9. The van der Waals surface area contributed by atoms with Gasteiger partial charge >= 0.3 is 0 Å². The minimum atomic E-state index is -0.468. The first-order chi connectivity index (χ1) is 12.1. The molecule has 122 valence electrons. The molecule has 7 nitrogen and oxygen atoms in total. The van der Waals surface area contributed by atoms with E-state index in [1.165, 1.54) is 22.8 Å². The molecule has 0 saturated carbocycles. The molecule has 7 heteroatoms. The van der Waals surface area contributed by atoms with Gasteiger partial charge in [-0.3, -0.25) is 19.5 Å². The van der Waals surface area contributed by atoms with Gasteiger partial charge < -0.3 is 4.42 Å². The number of nitrogens with zero attached hydrogens (tertiary/aromatic N) is 3. The first-order valence-electron chi connectivity index (χ1n) is 7.60. The molecule has 0 aliphatic heterocycles. The molecule has 0 bridgehead atoms. The van der Waals surface area contributed by atoms with E-state index in [4.69, 9.17) is 4.42 Å². The van der Waals surface area contributed by atoms with E-state index in [9.17, 15) is 20.2 Å². The van der Waals surface area contributed by atoms with Crippen molar-refractivity contribution in [3.63, 3.8) is 0 Å². The van der Waals surface area contributed by atoms with Crippen molar-refractivity contribution in [3.05, 3.63) is 80.3 Å².